The van der Waals surface area contributed by atoms with E-state index in [1.807, 2.05) is 25.1 Å². The molecule has 1 unspecified atom stereocenters. The largest absolute Gasteiger partial charge is 0.316 e. The van der Waals surface area contributed by atoms with Gasteiger partial charge in [0.1, 0.15) is 0 Å². The van der Waals surface area contributed by atoms with Crippen molar-refractivity contribution < 1.29 is 0 Å². The summed E-state index contributed by atoms with van der Waals surface area (Å²) in [6.07, 6.45) is 0. The van der Waals surface area contributed by atoms with Gasteiger partial charge in [-0.2, -0.15) is 12.6 Å². The van der Waals surface area contributed by atoms with Gasteiger partial charge in [-0.05, 0) is 30.2 Å². The second-order valence-electron chi connectivity index (χ2n) is 2.45. The average Bonchev–Trinajstić information content (AvgIpc) is 1.94. The van der Waals surface area contributed by atoms with Crippen molar-refractivity contribution in [3.63, 3.8) is 0 Å². The predicted octanol–water partition coefficient (Wildman–Crippen LogP) is 2.64. The Hall–Kier alpha value is 0.01000. The summed E-state index contributed by atoms with van der Waals surface area (Å²) in [4.78, 5) is 0. The van der Waals surface area contributed by atoms with E-state index in [0.29, 0.717) is 0 Å². The molecule has 0 saturated carbocycles. The van der Waals surface area contributed by atoms with Crippen LogP contribution in [0.2, 0.25) is 0 Å². The lowest BCUT2D eigenvalue weighted by Crippen LogP contribution is -2.03. The molecule has 0 aliphatic carbocycles. The number of halogens is 1. The molecular weight excluding hydrogens is 222 g/mol. The van der Waals surface area contributed by atoms with E-state index in [9.17, 15) is 0 Å². The highest BCUT2D eigenvalue weighted by Crippen LogP contribution is 2.22. The minimum atomic E-state index is -0.188. The number of benzene rings is 1. The van der Waals surface area contributed by atoms with Gasteiger partial charge in [0.15, 0.2) is 0 Å². The van der Waals surface area contributed by atoms with Gasteiger partial charge in [0.2, 0.25) is 0 Å². The van der Waals surface area contributed by atoms with Gasteiger partial charge in [-0.15, -0.1) is 0 Å². The van der Waals surface area contributed by atoms with Gasteiger partial charge in [-0.3, -0.25) is 0 Å². The maximum absolute atomic E-state index is 5.63. The SMILES string of the molecule is Cc1ccc(Br)cc1C(N)S. The molecule has 1 aromatic carbocycles. The number of aryl methyl sites for hydroxylation is 1. The summed E-state index contributed by atoms with van der Waals surface area (Å²) >= 11 is 7.54. The van der Waals surface area contributed by atoms with Crippen LogP contribution in [0.15, 0.2) is 22.7 Å². The van der Waals surface area contributed by atoms with Crippen molar-refractivity contribution in [2.45, 2.75) is 12.3 Å². The van der Waals surface area contributed by atoms with E-state index >= 15 is 0 Å². The van der Waals surface area contributed by atoms with E-state index < -0.39 is 0 Å². The minimum absolute atomic E-state index is 0.188. The predicted molar refractivity (Wildman–Crippen MR) is 54.8 cm³/mol. The fraction of sp³-hybridized carbons (Fsp3) is 0.250. The summed E-state index contributed by atoms with van der Waals surface area (Å²) in [5.41, 5.74) is 7.88. The van der Waals surface area contributed by atoms with Crippen LogP contribution in [0.25, 0.3) is 0 Å². The molecule has 2 N–H and O–H groups in total. The fourth-order valence-electron chi connectivity index (χ4n) is 0.930. The van der Waals surface area contributed by atoms with Crippen LogP contribution in [0.5, 0.6) is 0 Å². The van der Waals surface area contributed by atoms with Gasteiger partial charge in [0.05, 0.1) is 5.37 Å². The summed E-state index contributed by atoms with van der Waals surface area (Å²) in [5, 5.41) is -0.188. The molecule has 11 heavy (non-hydrogen) atoms. The second-order valence-corrected chi connectivity index (χ2v) is 3.92. The zero-order chi connectivity index (χ0) is 8.43. The lowest BCUT2D eigenvalue weighted by Gasteiger charge is -2.08. The Morgan fingerprint density at radius 3 is 2.64 bits per heavy atom. The Morgan fingerprint density at radius 2 is 2.18 bits per heavy atom. The van der Waals surface area contributed by atoms with Gasteiger partial charge in [-0.1, -0.05) is 22.0 Å². The first-order valence-corrected chi connectivity index (χ1v) is 4.62. The third kappa shape index (κ3) is 2.22. The van der Waals surface area contributed by atoms with Gasteiger partial charge in [-0.25, -0.2) is 0 Å². The molecule has 3 heteroatoms. The summed E-state index contributed by atoms with van der Waals surface area (Å²) in [7, 11) is 0. The molecular formula is C8H10BrNS. The Kier molecular flexibility index (Phi) is 2.98. The van der Waals surface area contributed by atoms with E-state index in [1.54, 1.807) is 0 Å². The highest BCUT2D eigenvalue weighted by atomic mass is 79.9. The number of nitrogens with two attached hydrogens (primary N) is 1. The Balaban J connectivity index is 3.13. The van der Waals surface area contributed by atoms with E-state index in [2.05, 4.69) is 28.6 Å². The zero-order valence-electron chi connectivity index (χ0n) is 6.21. The third-order valence-electron chi connectivity index (χ3n) is 1.56. The first-order valence-electron chi connectivity index (χ1n) is 3.31. The molecule has 1 rings (SSSR count). The monoisotopic (exact) mass is 231 g/mol. The number of hydrogen-bond acceptors (Lipinski definition) is 2. The lowest BCUT2D eigenvalue weighted by molar-refractivity contribution is 1.02. The van der Waals surface area contributed by atoms with Crippen LogP contribution >= 0.6 is 28.6 Å². The molecule has 1 aromatic rings. The van der Waals surface area contributed by atoms with Gasteiger partial charge in [0.25, 0.3) is 0 Å². The lowest BCUT2D eigenvalue weighted by atomic mass is 10.1. The summed E-state index contributed by atoms with van der Waals surface area (Å²) in [6.45, 7) is 2.03. The minimum Gasteiger partial charge on any atom is -0.316 e. The van der Waals surface area contributed by atoms with Crippen LogP contribution in [0.1, 0.15) is 16.5 Å². The van der Waals surface area contributed by atoms with Crippen molar-refractivity contribution in [1.82, 2.24) is 0 Å². The van der Waals surface area contributed by atoms with Crippen LogP contribution in [0, 0.1) is 6.92 Å². The van der Waals surface area contributed by atoms with E-state index in [-0.39, 0.29) is 5.37 Å². The smallest absolute Gasteiger partial charge is 0.0737 e. The highest BCUT2D eigenvalue weighted by molar-refractivity contribution is 9.10. The molecule has 0 aliphatic heterocycles. The van der Waals surface area contributed by atoms with Crippen LogP contribution in [-0.2, 0) is 0 Å². The third-order valence-corrected chi connectivity index (χ3v) is 2.33. The van der Waals surface area contributed by atoms with Crippen LogP contribution in [-0.4, -0.2) is 0 Å². The summed E-state index contributed by atoms with van der Waals surface area (Å²) in [5.74, 6) is 0. The molecule has 0 saturated heterocycles. The van der Waals surface area contributed by atoms with Crippen molar-refractivity contribution in [1.29, 1.82) is 0 Å². The topological polar surface area (TPSA) is 26.0 Å². The van der Waals surface area contributed by atoms with Gasteiger partial charge in [0, 0.05) is 4.47 Å². The van der Waals surface area contributed by atoms with Crippen LogP contribution in [0.3, 0.4) is 0 Å². The quantitative estimate of drug-likeness (QED) is 0.565. The summed E-state index contributed by atoms with van der Waals surface area (Å²) in [6, 6.07) is 6.01. The maximum atomic E-state index is 5.63. The molecule has 1 nitrogen and oxygen atoms in total. The molecule has 0 aliphatic rings. The molecule has 1 atom stereocenters. The average molecular weight is 232 g/mol. The standard InChI is InChI=1S/C8H10BrNS/c1-5-2-3-6(9)4-7(5)8(10)11/h2-4,8,11H,10H2,1H3. The second kappa shape index (κ2) is 3.61. The maximum Gasteiger partial charge on any atom is 0.0737 e. The Morgan fingerprint density at radius 1 is 1.55 bits per heavy atom. The number of thiol groups is 1. The Labute approximate surface area is 80.5 Å². The highest BCUT2D eigenvalue weighted by Gasteiger charge is 2.03. The van der Waals surface area contributed by atoms with Gasteiger partial charge >= 0.3 is 0 Å². The number of hydrogen-bond donors (Lipinski definition) is 2. The molecule has 0 bridgehead atoms. The van der Waals surface area contributed by atoms with Crippen molar-refractivity contribution in [3.8, 4) is 0 Å². The first-order chi connectivity index (χ1) is 5.11. The normalized spacial score (nSPS) is 13.1. The Bertz CT molecular complexity index is 260. The molecule has 60 valence electrons. The van der Waals surface area contributed by atoms with Gasteiger partial charge < -0.3 is 5.73 Å². The molecule has 0 fully saturated rings. The van der Waals surface area contributed by atoms with Crippen LogP contribution < -0.4 is 5.73 Å². The van der Waals surface area contributed by atoms with Crippen molar-refractivity contribution in [2.75, 3.05) is 0 Å². The van der Waals surface area contributed by atoms with Crippen molar-refractivity contribution >= 4 is 28.6 Å². The summed E-state index contributed by atoms with van der Waals surface area (Å²) < 4.78 is 1.04. The molecule has 0 radical (unpaired) electrons. The van der Waals surface area contributed by atoms with E-state index in [1.165, 1.54) is 5.56 Å². The fourth-order valence-corrected chi connectivity index (χ4v) is 1.59. The van der Waals surface area contributed by atoms with E-state index in [0.717, 1.165) is 10.0 Å². The zero-order valence-corrected chi connectivity index (χ0v) is 8.69. The molecule has 0 amide bonds. The number of rotatable bonds is 1. The molecule has 0 heterocycles. The molecule has 0 spiro atoms. The van der Waals surface area contributed by atoms with Crippen LogP contribution in [0.4, 0.5) is 0 Å². The van der Waals surface area contributed by atoms with Crippen molar-refractivity contribution in [3.05, 3.63) is 33.8 Å². The molecule has 0 aromatic heterocycles. The first kappa shape index (κ1) is 9.10. The van der Waals surface area contributed by atoms with E-state index in [4.69, 9.17) is 5.73 Å². The van der Waals surface area contributed by atoms with Crippen molar-refractivity contribution in [2.24, 2.45) is 5.73 Å².